The molecule has 2 aromatic carbocycles. The average Bonchev–Trinajstić information content (AvgIpc) is 2.26. The number of alkyl halides is 3. The molecule has 0 bridgehead atoms. The lowest BCUT2D eigenvalue weighted by Gasteiger charge is -2.17. The first-order valence-electron chi connectivity index (χ1n) is 5.41. The lowest BCUT2D eigenvalue weighted by molar-refractivity contribution is -0.138. The van der Waals surface area contributed by atoms with Crippen molar-refractivity contribution in [1.82, 2.24) is 0 Å². The summed E-state index contributed by atoms with van der Waals surface area (Å²) in [6.07, 6.45) is -5.52. The van der Waals surface area contributed by atoms with Gasteiger partial charge >= 0.3 is 6.18 Å². The molecule has 0 unspecified atom stereocenters. The minimum atomic E-state index is -4.36. The molecule has 0 aliphatic rings. The van der Waals surface area contributed by atoms with Gasteiger partial charge in [0.25, 0.3) is 0 Å². The predicted octanol–water partition coefficient (Wildman–Crippen LogP) is 3.50. The monoisotopic (exact) mass is 255 g/mol. The van der Waals surface area contributed by atoms with E-state index in [2.05, 4.69) is 0 Å². The quantitative estimate of drug-likeness (QED) is 0.862. The first kappa shape index (κ1) is 12.7. The SMILES string of the molecule is N[C@@H](CC(F)(F)F)c1c(O)ccc2ccccc12. The van der Waals surface area contributed by atoms with Crippen molar-refractivity contribution < 1.29 is 18.3 Å². The summed E-state index contributed by atoms with van der Waals surface area (Å²) < 4.78 is 37.1. The van der Waals surface area contributed by atoms with Crippen molar-refractivity contribution >= 4 is 10.8 Å². The Morgan fingerprint density at radius 2 is 1.78 bits per heavy atom. The van der Waals surface area contributed by atoms with E-state index in [1.807, 2.05) is 0 Å². The second kappa shape index (κ2) is 4.49. The van der Waals surface area contributed by atoms with E-state index >= 15 is 0 Å². The number of fused-ring (bicyclic) bond motifs is 1. The third-order valence-electron chi connectivity index (χ3n) is 2.77. The zero-order chi connectivity index (χ0) is 13.3. The highest BCUT2D eigenvalue weighted by molar-refractivity contribution is 5.88. The molecule has 0 amide bonds. The van der Waals surface area contributed by atoms with Crippen LogP contribution in [0.5, 0.6) is 5.75 Å². The van der Waals surface area contributed by atoms with Crippen LogP contribution in [0.15, 0.2) is 36.4 Å². The second-order valence-corrected chi connectivity index (χ2v) is 4.15. The zero-order valence-electron chi connectivity index (χ0n) is 9.41. The maximum Gasteiger partial charge on any atom is 0.390 e. The van der Waals surface area contributed by atoms with Crippen molar-refractivity contribution in [3.05, 3.63) is 42.0 Å². The number of nitrogens with two attached hydrogens (primary N) is 1. The summed E-state index contributed by atoms with van der Waals surface area (Å²) in [5, 5.41) is 11.0. The Labute approximate surface area is 102 Å². The highest BCUT2D eigenvalue weighted by Crippen LogP contribution is 2.36. The fraction of sp³-hybridized carbons (Fsp3) is 0.231. The molecular formula is C13H12F3NO. The summed E-state index contributed by atoms with van der Waals surface area (Å²) in [7, 11) is 0. The van der Waals surface area contributed by atoms with Crippen LogP contribution in [0.2, 0.25) is 0 Å². The second-order valence-electron chi connectivity index (χ2n) is 4.15. The normalized spacial score (nSPS) is 13.8. The molecule has 0 aromatic heterocycles. The molecule has 18 heavy (non-hydrogen) atoms. The average molecular weight is 255 g/mol. The van der Waals surface area contributed by atoms with Crippen LogP contribution >= 0.6 is 0 Å². The number of benzene rings is 2. The van der Waals surface area contributed by atoms with Crippen molar-refractivity contribution in [3.63, 3.8) is 0 Å². The van der Waals surface area contributed by atoms with E-state index in [0.29, 0.717) is 5.39 Å². The van der Waals surface area contributed by atoms with Crippen LogP contribution in [-0.2, 0) is 0 Å². The number of rotatable bonds is 2. The molecule has 2 rings (SSSR count). The summed E-state index contributed by atoms with van der Waals surface area (Å²) >= 11 is 0. The van der Waals surface area contributed by atoms with Crippen LogP contribution in [0.3, 0.4) is 0 Å². The summed E-state index contributed by atoms with van der Waals surface area (Å²) in [5.74, 6) is -0.203. The maximum absolute atomic E-state index is 12.4. The Balaban J connectivity index is 2.52. The van der Waals surface area contributed by atoms with Crippen LogP contribution < -0.4 is 5.73 Å². The van der Waals surface area contributed by atoms with Gasteiger partial charge in [0.1, 0.15) is 5.75 Å². The Morgan fingerprint density at radius 1 is 1.11 bits per heavy atom. The molecule has 0 aliphatic carbocycles. The van der Waals surface area contributed by atoms with Gasteiger partial charge in [-0.15, -0.1) is 0 Å². The Bertz CT molecular complexity index is 566. The Kier molecular flexibility index (Phi) is 3.17. The van der Waals surface area contributed by atoms with Gasteiger partial charge in [-0.1, -0.05) is 30.3 Å². The predicted molar refractivity (Wildman–Crippen MR) is 63.2 cm³/mol. The van der Waals surface area contributed by atoms with Crippen molar-refractivity contribution in [1.29, 1.82) is 0 Å². The molecule has 3 N–H and O–H groups in total. The molecule has 2 aromatic rings. The topological polar surface area (TPSA) is 46.2 Å². The largest absolute Gasteiger partial charge is 0.508 e. The van der Waals surface area contributed by atoms with Gasteiger partial charge in [0, 0.05) is 11.6 Å². The van der Waals surface area contributed by atoms with E-state index in [1.165, 1.54) is 6.07 Å². The molecule has 1 atom stereocenters. The molecule has 0 saturated carbocycles. The van der Waals surface area contributed by atoms with Crippen LogP contribution in [0.25, 0.3) is 10.8 Å². The van der Waals surface area contributed by atoms with Crippen LogP contribution in [-0.4, -0.2) is 11.3 Å². The molecule has 2 nitrogen and oxygen atoms in total. The first-order valence-corrected chi connectivity index (χ1v) is 5.41. The van der Waals surface area contributed by atoms with Gasteiger partial charge in [-0.3, -0.25) is 0 Å². The summed E-state index contributed by atoms with van der Waals surface area (Å²) in [6, 6.07) is 8.64. The minimum absolute atomic E-state index is 0.144. The van der Waals surface area contributed by atoms with Gasteiger partial charge in [0.15, 0.2) is 0 Å². The number of phenolic OH excluding ortho intramolecular Hbond substituents is 1. The van der Waals surface area contributed by atoms with E-state index in [9.17, 15) is 18.3 Å². The van der Waals surface area contributed by atoms with Gasteiger partial charge < -0.3 is 10.8 Å². The molecule has 0 spiro atoms. The molecule has 5 heteroatoms. The van der Waals surface area contributed by atoms with Crippen LogP contribution in [0, 0.1) is 0 Å². The van der Waals surface area contributed by atoms with Gasteiger partial charge in [-0.05, 0) is 16.8 Å². The van der Waals surface area contributed by atoms with E-state index in [0.717, 1.165) is 5.39 Å². The lowest BCUT2D eigenvalue weighted by atomic mass is 9.96. The van der Waals surface area contributed by atoms with E-state index in [4.69, 9.17) is 5.73 Å². The maximum atomic E-state index is 12.4. The molecule has 0 fully saturated rings. The van der Waals surface area contributed by atoms with Gasteiger partial charge in [0.2, 0.25) is 0 Å². The van der Waals surface area contributed by atoms with Crippen LogP contribution in [0.4, 0.5) is 13.2 Å². The van der Waals surface area contributed by atoms with Crippen molar-refractivity contribution in [2.45, 2.75) is 18.6 Å². The molecule has 0 radical (unpaired) electrons. The van der Waals surface area contributed by atoms with Crippen molar-refractivity contribution in [2.75, 3.05) is 0 Å². The number of aromatic hydroxyl groups is 1. The molecule has 0 heterocycles. The minimum Gasteiger partial charge on any atom is -0.508 e. The number of phenols is 1. The lowest BCUT2D eigenvalue weighted by Crippen LogP contribution is -2.20. The van der Waals surface area contributed by atoms with Crippen molar-refractivity contribution in [3.8, 4) is 5.75 Å². The van der Waals surface area contributed by atoms with Gasteiger partial charge in [-0.2, -0.15) is 13.2 Å². The summed E-state index contributed by atoms with van der Waals surface area (Å²) in [6.45, 7) is 0. The third-order valence-corrected chi connectivity index (χ3v) is 2.77. The van der Waals surface area contributed by atoms with Crippen LogP contribution in [0.1, 0.15) is 18.0 Å². The van der Waals surface area contributed by atoms with Gasteiger partial charge in [0.05, 0.1) is 6.42 Å². The summed E-state index contributed by atoms with van der Waals surface area (Å²) in [5.41, 5.74) is 5.71. The number of hydrogen-bond acceptors (Lipinski definition) is 2. The molecule has 0 saturated heterocycles. The fourth-order valence-corrected chi connectivity index (χ4v) is 2.03. The van der Waals surface area contributed by atoms with Gasteiger partial charge in [-0.25, -0.2) is 0 Å². The highest BCUT2D eigenvalue weighted by atomic mass is 19.4. The standard InChI is InChI=1S/C13H12F3NO/c14-13(15,16)7-10(17)12-9-4-2-1-3-8(9)5-6-11(12)18/h1-6,10,18H,7,17H2/t10-/m0/s1. The zero-order valence-corrected chi connectivity index (χ0v) is 9.41. The first-order chi connectivity index (χ1) is 8.38. The summed E-state index contributed by atoms with van der Waals surface area (Å²) in [4.78, 5) is 0. The third kappa shape index (κ3) is 2.56. The van der Waals surface area contributed by atoms with Crippen molar-refractivity contribution in [2.24, 2.45) is 5.73 Å². The van der Waals surface area contributed by atoms with E-state index in [1.54, 1.807) is 30.3 Å². The smallest absolute Gasteiger partial charge is 0.390 e. The van der Waals surface area contributed by atoms with E-state index < -0.39 is 18.6 Å². The molecule has 0 aliphatic heterocycles. The Hall–Kier alpha value is -1.75. The highest BCUT2D eigenvalue weighted by Gasteiger charge is 2.32. The number of halogens is 3. The fourth-order valence-electron chi connectivity index (χ4n) is 2.03. The molecule has 96 valence electrons. The Morgan fingerprint density at radius 3 is 2.44 bits per heavy atom. The molecular weight excluding hydrogens is 243 g/mol. The van der Waals surface area contributed by atoms with E-state index in [-0.39, 0.29) is 11.3 Å². The number of hydrogen-bond donors (Lipinski definition) is 2.